The third kappa shape index (κ3) is 5.79. The first-order chi connectivity index (χ1) is 5.18. The van der Waals surface area contributed by atoms with E-state index in [1.165, 1.54) is 6.92 Å². The fourth-order valence-electron chi connectivity index (χ4n) is 0.667. The smallest absolute Gasteiger partial charge is 0.312 e. The maximum Gasteiger partial charge on any atom is 0.312 e. The van der Waals surface area contributed by atoms with Gasteiger partial charge in [0.25, 0.3) is 0 Å². The standard InChI is InChI=1S/C7H15NO3/c1-3-4-5-6-11-7(2)8(9)10/h7H,3-6H2,1-2H3. The molecule has 0 aromatic heterocycles. The molecule has 0 aliphatic rings. The quantitative estimate of drug-likeness (QED) is 0.258. The van der Waals surface area contributed by atoms with Gasteiger partial charge >= 0.3 is 6.23 Å². The van der Waals surface area contributed by atoms with E-state index in [2.05, 4.69) is 6.92 Å². The van der Waals surface area contributed by atoms with Gasteiger partial charge in [-0.25, -0.2) is 0 Å². The zero-order valence-corrected chi connectivity index (χ0v) is 7.08. The van der Waals surface area contributed by atoms with Crippen LogP contribution in [-0.2, 0) is 4.74 Å². The highest BCUT2D eigenvalue weighted by atomic mass is 16.7. The van der Waals surface area contributed by atoms with Crippen molar-refractivity contribution in [3.8, 4) is 0 Å². The Morgan fingerprint density at radius 1 is 1.55 bits per heavy atom. The topological polar surface area (TPSA) is 52.4 Å². The third-order valence-corrected chi connectivity index (χ3v) is 1.40. The molecule has 0 amide bonds. The highest BCUT2D eigenvalue weighted by Gasteiger charge is 2.10. The Labute approximate surface area is 66.7 Å². The van der Waals surface area contributed by atoms with E-state index in [1.807, 2.05) is 0 Å². The van der Waals surface area contributed by atoms with E-state index >= 15 is 0 Å². The Morgan fingerprint density at radius 3 is 2.64 bits per heavy atom. The van der Waals surface area contributed by atoms with Crippen LogP contribution < -0.4 is 0 Å². The van der Waals surface area contributed by atoms with Gasteiger partial charge in [0.1, 0.15) is 0 Å². The van der Waals surface area contributed by atoms with E-state index in [9.17, 15) is 10.1 Å². The number of nitro groups is 1. The molecule has 4 nitrogen and oxygen atoms in total. The average molecular weight is 161 g/mol. The second-order valence-electron chi connectivity index (χ2n) is 2.46. The Kier molecular flexibility index (Phi) is 5.74. The number of unbranched alkanes of at least 4 members (excludes halogenated alkanes) is 2. The largest absolute Gasteiger partial charge is 0.317 e. The molecule has 0 aliphatic heterocycles. The van der Waals surface area contributed by atoms with Crippen LogP contribution in [0.5, 0.6) is 0 Å². The molecular weight excluding hydrogens is 146 g/mol. The summed E-state index contributed by atoms with van der Waals surface area (Å²) in [6, 6.07) is 0. The van der Waals surface area contributed by atoms with Crippen molar-refractivity contribution in [2.45, 2.75) is 39.3 Å². The molecule has 1 unspecified atom stereocenters. The Balaban J connectivity index is 3.17. The van der Waals surface area contributed by atoms with Crippen LogP contribution in [0.4, 0.5) is 0 Å². The minimum atomic E-state index is -0.855. The van der Waals surface area contributed by atoms with Crippen LogP contribution in [0.15, 0.2) is 0 Å². The summed E-state index contributed by atoms with van der Waals surface area (Å²) in [5.74, 6) is 0. The summed E-state index contributed by atoms with van der Waals surface area (Å²) in [7, 11) is 0. The molecule has 0 rings (SSSR count). The predicted molar refractivity (Wildman–Crippen MR) is 41.9 cm³/mol. The van der Waals surface area contributed by atoms with Crippen molar-refractivity contribution in [1.82, 2.24) is 0 Å². The van der Waals surface area contributed by atoms with Crippen molar-refractivity contribution < 1.29 is 9.66 Å². The van der Waals surface area contributed by atoms with E-state index < -0.39 is 11.2 Å². The predicted octanol–water partition coefficient (Wildman–Crippen LogP) is 1.82. The Hall–Kier alpha value is -0.640. The first-order valence-corrected chi connectivity index (χ1v) is 3.93. The van der Waals surface area contributed by atoms with Crippen LogP contribution in [0.3, 0.4) is 0 Å². The van der Waals surface area contributed by atoms with Crippen LogP contribution in [0.25, 0.3) is 0 Å². The molecule has 1 atom stereocenters. The number of ether oxygens (including phenoxy) is 1. The summed E-state index contributed by atoms with van der Waals surface area (Å²) in [5.41, 5.74) is 0. The molecule has 0 fully saturated rings. The maximum atomic E-state index is 10.0. The van der Waals surface area contributed by atoms with Crippen molar-refractivity contribution in [2.75, 3.05) is 6.61 Å². The van der Waals surface area contributed by atoms with Gasteiger partial charge < -0.3 is 4.74 Å². The molecule has 0 spiro atoms. The monoisotopic (exact) mass is 161 g/mol. The van der Waals surface area contributed by atoms with Gasteiger partial charge in [-0.1, -0.05) is 19.8 Å². The SMILES string of the molecule is CCCCCOC(C)[N+](=O)[O-]. The lowest BCUT2D eigenvalue weighted by molar-refractivity contribution is -0.571. The van der Waals surface area contributed by atoms with Crippen molar-refractivity contribution in [3.05, 3.63) is 10.1 Å². The molecule has 0 heterocycles. The zero-order valence-electron chi connectivity index (χ0n) is 7.08. The lowest BCUT2D eigenvalue weighted by atomic mass is 10.3. The van der Waals surface area contributed by atoms with Crippen LogP contribution in [0.2, 0.25) is 0 Å². The van der Waals surface area contributed by atoms with Crippen molar-refractivity contribution >= 4 is 0 Å². The summed E-state index contributed by atoms with van der Waals surface area (Å²) in [5, 5.41) is 10.0. The first-order valence-electron chi connectivity index (χ1n) is 3.93. The average Bonchev–Trinajstić information content (AvgIpc) is 1.97. The summed E-state index contributed by atoms with van der Waals surface area (Å²) in [6.45, 7) is 4.03. The molecule has 0 aromatic rings. The van der Waals surface area contributed by atoms with E-state index in [1.54, 1.807) is 0 Å². The highest BCUT2D eigenvalue weighted by molar-refractivity contribution is 4.36. The van der Waals surface area contributed by atoms with Crippen molar-refractivity contribution in [2.24, 2.45) is 0 Å². The lowest BCUT2D eigenvalue weighted by Gasteiger charge is -2.04. The van der Waals surface area contributed by atoms with Crippen molar-refractivity contribution in [3.63, 3.8) is 0 Å². The van der Waals surface area contributed by atoms with Gasteiger partial charge in [0.05, 0.1) is 11.5 Å². The molecule has 0 aromatic carbocycles. The zero-order chi connectivity index (χ0) is 8.69. The van der Waals surface area contributed by atoms with Gasteiger partial charge in [0.15, 0.2) is 0 Å². The number of nitrogens with zero attached hydrogens (tertiary/aromatic N) is 1. The normalized spacial score (nSPS) is 12.9. The van der Waals surface area contributed by atoms with Gasteiger partial charge in [-0.15, -0.1) is 0 Å². The van der Waals surface area contributed by atoms with E-state index in [0.29, 0.717) is 6.61 Å². The first kappa shape index (κ1) is 10.4. The fraction of sp³-hybridized carbons (Fsp3) is 1.00. The Bertz CT molecular complexity index is 116. The minimum Gasteiger partial charge on any atom is -0.317 e. The summed E-state index contributed by atoms with van der Waals surface area (Å²) in [6.07, 6.45) is 2.24. The van der Waals surface area contributed by atoms with Gasteiger partial charge in [0, 0.05) is 6.92 Å². The molecule has 4 heteroatoms. The van der Waals surface area contributed by atoms with Crippen LogP contribution in [0, 0.1) is 10.1 Å². The van der Waals surface area contributed by atoms with Gasteiger partial charge in [0.2, 0.25) is 0 Å². The third-order valence-electron chi connectivity index (χ3n) is 1.40. The van der Waals surface area contributed by atoms with Crippen molar-refractivity contribution in [1.29, 1.82) is 0 Å². The highest BCUT2D eigenvalue weighted by Crippen LogP contribution is 1.97. The van der Waals surface area contributed by atoms with Crippen LogP contribution in [-0.4, -0.2) is 17.8 Å². The minimum absolute atomic E-state index is 0.425. The molecule has 0 N–H and O–H groups in total. The summed E-state index contributed by atoms with van der Waals surface area (Å²) in [4.78, 5) is 9.62. The number of hydrogen-bond donors (Lipinski definition) is 0. The molecule has 0 aliphatic carbocycles. The lowest BCUT2D eigenvalue weighted by Crippen LogP contribution is -2.19. The van der Waals surface area contributed by atoms with Crippen LogP contribution >= 0.6 is 0 Å². The van der Waals surface area contributed by atoms with E-state index in [0.717, 1.165) is 19.3 Å². The summed E-state index contributed by atoms with van der Waals surface area (Å²) < 4.78 is 4.91. The van der Waals surface area contributed by atoms with Gasteiger partial charge in [-0.3, -0.25) is 10.1 Å². The molecule has 0 bridgehead atoms. The molecule has 0 saturated carbocycles. The van der Waals surface area contributed by atoms with Gasteiger partial charge in [-0.05, 0) is 6.42 Å². The van der Waals surface area contributed by atoms with E-state index in [4.69, 9.17) is 4.74 Å². The molecule has 66 valence electrons. The second-order valence-corrected chi connectivity index (χ2v) is 2.46. The molecule has 0 radical (unpaired) electrons. The number of hydrogen-bond acceptors (Lipinski definition) is 3. The van der Waals surface area contributed by atoms with Crippen LogP contribution in [0.1, 0.15) is 33.1 Å². The molecule has 0 saturated heterocycles. The number of rotatable bonds is 6. The Morgan fingerprint density at radius 2 is 2.18 bits per heavy atom. The maximum absolute atomic E-state index is 10.0. The van der Waals surface area contributed by atoms with E-state index in [-0.39, 0.29) is 0 Å². The molecule has 11 heavy (non-hydrogen) atoms. The van der Waals surface area contributed by atoms with Gasteiger partial charge in [-0.2, -0.15) is 0 Å². The second kappa shape index (κ2) is 6.09. The fourth-order valence-corrected chi connectivity index (χ4v) is 0.667. The molecular formula is C7H15NO3. The summed E-state index contributed by atoms with van der Waals surface area (Å²) >= 11 is 0.